The van der Waals surface area contributed by atoms with Gasteiger partial charge in [-0.2, -0.15) is 0 Å². The van der Waals surface area contributed by atoms with Crippen molar-refractivity contribution in [2.24, 2.45) is 5.73 Å². The van der Waals surface area contributed by atoms with E-state index in [-0.39, 0.29) is 34.8 Å². The second kappa shape index (κ2) is 14.0. The minimum atomic E-state index is -0.925. The van der Waals surface area contributed by atoms with E-state index in [1.54, 1.807) is 30.1 Å². The summed E-state index contributed by atoms with van der Waals surface area (Å²) in [6, 6.07) is 16.7. The Hall–Kier alpha value is -4.76. The van der Waals surface area contributed by atoms with E-state index in [4.69, 9.17) is 22.1 Å². The first-order valence-corrected chi connectivity index (χ1v) is 12.8. The maximum atomic E-state index is 14.4. The van der Waals surface area contributed by atoms with Crippen LogP contribution in [0.1, 0.15) is 38.8 Å². The Morgan fingerprint density at radius 3 is 2.32 bits per heavy atom. The van der Waals surface area contributed by atoms with E-state index in [1.165, 1.54) is 38.4 Å². The van der Waals surface area contributed by atoms with Crippen LogP contribution in [0.2, 0.25) is 5.02 Å². The number of ketones is 1. The maximum Gasteiger partial charge on any atom is 0.251 e. The number of primary amides is 1. The first-order chi connectivity index (χ1) is 19.5. The highest BCUT2D eigenvalue weighted by atomic mass is 35.5. The van der Waals surface area contributed by atoms with Crippen molar-refractivity contribution in [2.45, 2.75) is 19.4 Å². The van der Waals surface area contributed by atoms with Gasteiger partial charge in [-0.15, -0.1) is 0 Å². The zero-order valence-corrected chi connectivity index (χ0v) is 23.4. The van der Waals surface area contributed by atoms with Crippen LogP contribution in [-0.2, 0) is 20.7 Å². The van der Waals surface area contributed by atoms with Crippen LogP contribution in [0, 0.1) is 5.82 Å². The SMILES string of the molecule is COC(=C/N(C)C(Cc1ccccc1)C(=O)Nc1ccc(C(N)=O)c(F)c1)/C(=C\C=O)c1cc(Cl)ccc1C(C)=O. The molecule has 0 saturated heterocycles. The number of nitrogens with two attached hydrogens (primary N) is 1. The third-order valence-corrected chi connectivity index (χ3v) is 6.50. The summed E-state index contributed by atoms with van der Waals surface area (Å²) >= 11 is 6.21. The Balaban J connectivity index is 2.03. The zero-order valence-electron chi connectivity index (χ0n) is 22.7. The molecule has 0 bridgehead atoms. The van der Waals surface area contributed by atoms with Crippen molar-refractivity contribution in [3.8, 4) is 0 Å². The van der Waals surface area contributed by atoms with Crippen LogP contribution in [0.4, 0.5) is 10.1 Å². The maximum absolute atomic E-state index is 14.4. The predicted octanol–water partition coefficient (Wildman–Crippen LogP) is 5.03. The molecule has 8 nitrogen and oxygen atoms in total. The highest BCUT2D eigenvalue weighted by Crippen LogP contribution is 2.30. The lowest BCUT2D eigenvalue weighted by Gasteiger charge is -2.27. The molecule has 1 unspecified atom stereocenters. The number of aldehydes is 1. The van der Waals surface area contributed by atoms with Crippen LogP contribution >= 0.6 is 11.6 Å². The molecular formula is C31H29ClFN3O5. The minimum absolute atomic E-state index is 0.131. The van der Waals surface area contributed by atoms with Gasteiger partial charge in [0.05, 0.1) is 12.7 Å². The Bertz CT molecular complexity index is 1520. The smallest absolute Gasteiger partial charge is 0.251 e. The number of rotatable bonds is 12. The standard InChI is InChI=1S/C31H29ClFN3O5/c1-19(38)23-11-9-21(32)16-26(23)24(13-14-37)29(41-3)18-36(2)28(15-20-7-5-4-6-8-20)31(40)35-22-10-12-25(30(34)39)27(33)17-22/h4-14,16-18,28H,15H2,1-3H3,(H2,34,39)(H,35,40)/b24-13-,29-18+. The Morgan fingerprint density at radius 2 is 1.73 bits per heavy atom. The van der Waals surface area contributed by atoms with Gasteiger partial charge in [-0.25, -0.2) is 4.39 Å². The third kappa shape index (κ3) is 7.89. The molecule has 0 fully saturated rings. The quantitative estimate of drug-likeness (QED) is 0.102. The van der Waals surface area contributed by atoms with Crippen LogP contribution < -0.4 is 11.1 Å². The molecule has 3 aromatic carbocycles. The van der Waals surface area contributed by atoms with E-state index in [1.807, 2.05) is 30.3 Å². The van der Waals surface area contributed by atoms with E-state index < -0.39 is 23.7 Å². The summed E-state index contributed by atoms with van der Waals surface area (Å²) in [6.07, 6.45) is 3.59. The van der Waals surface area contributed by atoms with Crippen molar-refractivity contribution in [2.75, 3.05) is 19.5 Å². The number of hydrogen-bond acceptors (Lipinski definition) is 6. The number of nitrogens with zero attached hydrogens (tertiary/aromatic N) is 1. The first kappa shape index (κ1) is 30.8. The molecule has 0 aliphatic heterocycles. The van der Waals surface area contributed by atoms with Crippen molar-refractivity contribution in [3.63, 3.8) is 0 Å². The molecule has 10 heteroatoms. The van der Waals surface area contributed by atoms with Crippen LogP contribution in [0.5, 0.6) is 0 Å². The van der Waals surface area contributed by atoms with Gasteiger partial charge in [0.1, 0.15) is 23.9 Å². The Kier molecular flexibility index (Phi) is 10.5. The number of halogens is 2. The third-order valence-electron chi connectivity index (χ3n) is 6.26. The molecule has 1 atom stereocenters. The molecule has 0 aliphatic rings. The summed E-state index contributed by atoms with van der Waals surface area (Å²) < 4.78 is 20.0. The summed E-state index contributed by atoms with van der Waals surface area (Å²) in [5.41, 5.74) is 6.85. The van der Waals surface area contributed by atoms with Gasteiger partial charge >= 0.3 is 0 Å². The predicted molar refractivity (Wildman–Crippen MR) is 156 cm³/mol. The molecule has 2 amide bonds. The molecule has 0 aromatic heterocycles. The molecule has 0 saturated carbocycles. The van der Waals surface area contributed by atoms with E-state index in [0.717, 1.165) is 11.6 Å². The van der Waals surface area contributed by atoms with Crippen LogP contribution in [0.15, 0.2) is 84.8 Å². The number of benzene rings is 3. The zero-order chi connectivity index (χ0) is 30.1. The van der Waals surface area contributed by atoms with Crippen LogP contribution in [-0.4, -0.2) is 49.0 Å². The average Bonchev–Trinajstić information content (AvgIpc) is 2.93. The normalized spacial score (nSPS) is 12.3. The summed E-state index contributed by atoms with van der Waals surface area (Å²) in [7, 11) is 3.04. The van der Waals surface area contributed by atoms with Crippen LogP contribution in [0.25, 0.3) is 5.57 Å². The highest BCUT2D eigenvalue weighted by Gasteiger charge is 2.25. The van der Waals surface area contributed by atoms with Gasteiger partial charge in [-0.3, -0.25) is 19.2 Å². The number of hydrogen-bond donors (Lipinski definition) is 2. The molecule has 0 spiro atoms. The number of Topliss-reactive ketones (excluding diaryl/α,β-unsaturated/α-hetero) is 1. The number of amides is 2. The van der Waals surface area contributed by atoms with Crippen molar-refractivity contribution < 1.29 is 28.3 Å². The number of carbonyl (C=O) groups excluding carboxylic acids is 4. The summed E-state index contributed by atoms with van der Waals surface area (Å²) in [6.45, 7) is 1.40. The molecule has 41 heavy (non-hydrogen) atoms. The average molecular weight is 578 g/mol. The van der Waals surface area contributed by atoms with E-state index in [0.29, 0.717) is 22.4 Å². The fourth-order valence-electron chi connectivity index (χ4n) is 4.20. The van der Waals surface area contributed by atoms with Crippen molar-refractivity contribution in [3.05, 3.63) is 118 Å². The second-order valence-corrected chi connectivity index (χ2v) is 9.52. The van der Waals surface area contributed by atoms with Gasteiger partial charge in [0, 0.05) is 41.5 Å². The first-order valence-electron chi connectivity index (χ1n) is 12.4. The fourth-order valence-corrected chi connectivity index (χ4v) is 4.38. The van der Waals surface area contributed by atoms with Crippen LogP contribution in [0.3, 0.4) is 0 Å². The number of anilines is 1. The fraction of sp³-hybridized carbons (Fsp3) is 0.161. The lowest BCUT2D eigenvalue weighted by Crippen LogP contribution is -2.41. The van der Waals surface area contributed by atoms with Gasteiger partial charge in [-0.05, 0) is 60.5 Å². The van der Waals surface area contributed by atoms with E-state index >= 15 is 0 Å². The van der Waals surface area contributed by atoms with Gasteiger partial charge in [0.15, 0.2) is 5.78 Å². The van der Waals surface area contributed by atoms with Crippen molar-refractivity contribution in [1.29, 1.82) is 0 Å². The molecular weight excluding hydrogens is 549 g/mol. The molecule has 0 heterocycles. The highest BCUT2D eigenvalue weighted by molar-refractivity contribution is 6.31. The summed E-state index contributed by atoms with van der Waals surface area (Å²) in [4.78, 5) is 50.5. The minimum Gasteiger partial charge on any atom is -0.495 e. The summed E-state index contributed by atoms with van der Waals surface area (Å²) in [5, 5.41) is 3.03. The van der Waals surface area contributed by atoms with Gasteiger partial charge in [-0.1, -0.05) is 41.9 Å². The summed E-state index contributed by atoms with van der Waals surface area (Å²) in [5.74, 6) is -2.33. The topological polar surface area (TPSA) is 119 Å². The largest absolute Gasteiger partial charge is 0.495 e. The molecule has 3 N–H and O–H groups in total. The molecule has 0 aliphatic carbocycles. The molecule has 3 aromatic rings. The number of ether oxygens (including phenoxy) is 1. The lowest BCUT2D eigenvalue weighted by atomic mass is 9.95. The van der Waals surface area contributed by atoms with Gasteiger partial charge in [0.25, 0.3) is 5.91 Å². The van der Waals surface area contributed by atoms with E-state index in [9.17, 15) is 23.6 Å². The number of nitrogens with one attached hydrogen (secondary N) is 1. The van der Waals surface area contributed by atoms with Crippen molar-refractivity contribution >= 4 is 46.7 Å². The number of likely N-dealkylation sites (N-methyl/N-ethyl adjacent to an activating group) is 1. The Labute approximate surface area is 242 Å². The Morgan fingerprint density at radius 1 is 1.05 bits per heavy atom. The molecule has 212 valence electrons. The van der Waals surface area contributed by atoms with Gasteiger partial charge in [0.2, 0.25) is 5.91 Å². The molecule has 3 rings (SSSR count). The number of allylic oxidation sites excluding steroid dienone is 2. The van der Waals surface area contributed by atoms with Crippen molar-refractivity contribution in [1.82, 2.24) is 4.90 Å². The second-order valence-electron chi connectivity index (χ2n) is 9.08. The number of methoxy groups -OCH3 is 1. The van der Waals surface area contributed by atoms with E-state index in [2.05, 4.69) is 5.32 Å². The lowest BCUT2D eigenvalue weighted by molar-refractivity contribution is -0.120. The number of carbonyl (C=O) groups is 4. The molecule has 0 radical (unpaired) electrons. The monoisotopic (exact) mass is 577 g/mol. The van der Waals surface area contributed by atoms with Gasteiger partial charge < -0.3 is 20.7 Å².